The Kier molecular flexibility index (Phi) is 3.10. The van der Waals surface area contributed by atoms with Gasteiger partial charge in [-0.2, -0.15) is 0 Å². The number of aromatic nitrogens is 2. The lowest BCUT2D eigenvalue weighted by Gasteiger charge is -2.19. The molecule has 84 valence electrons. The van der Waals surface area contributed by atoms with Gasteiger partial charge in [0.25, 0.3) is 0 Å². The summed E-state index contributed by atoms with van der Waals surface area (Å²) >= 11 is 0. The summed E-state index contributed by atoms with van der Waals surface area (Å²) in [6, 6.07) is 0. The number of nitrogens with zero attached hydrogens (tertiary/aromatic N) is 2. The van der Waals surface area contributed by atoms with Crippen LogP contribution in [0, 0.1) is 0 Å². The molecule has 1 aliphatic heterocycles. The summed E-state index contributed by atoms with van der Waals surface area (Å²) in [4.78, 5) is 4.75. The van der Waals surface area contributed by atoms with Gasteiger partial charge < -0.3 is 10.3 Å². The minimum Gasteiger partial charge on any atom is -0.331 e. The van der Waals surface area contributed by atoms with Gasteiger partial charge in [-0.3, -0.25) is 0 Å². The van der Waals surface area contributed by atoms with Crippen LogP contribution in [-0.4, -0.2) is 16.1 Å². The van der Waals surface area contributed by atoms with Crippen LogP contribution in [0.15, 0.2) is 0 Å². The molecular formula is C12H21N3. The largest absolute Gasteiger partial charge is 0.331 e. The van der Waals surface area contributed by atoms with E-state index >= 15 is 0 Å². The zero-order valence-electron chi connectivity index (χ0n) is 9.79. The van der Waals surface area contributed by atoms with Crippen molar-refractivity contribution >= 4 is 0 Å². The SMILES string of the molecule is CCc1nc2n(c1C(C)CN)CCCC2. The number of rotatable bonds is 3. The lowest BCUT2D eigenvalue weighted by molar-refractivity contribution is 0.497. The first kappa shape index (κ1) is 10.7. The van der Waals surface area contributed by atoms with Gasteiger partial charge in [0, 0.05) is 31.1 Å². The maximum Gasteiger partial charge on any atom is 0.109 e. The van der Waals surface area contributed by atoms with Crippen LogP contribution >= 0.6 is 0 Å². The molecule has 1 aromatic heterocycles. The molecule has 1 atom stereocenters. The minimum atomic E-state index is 0.444. The molecule has 0 bridgehead atoms. The molecule has 1 aliphatic rings. The molecule has 2 N–H and O–H groups in total. The number of hydrogen-bond acceptors (Lipinski definition) is 2. The molecule has 2 heterocycles. The number of aryl methyl sites for hydroxylation is 2. The van der Waals surface area contributed by atoms with Gasteiger partial charge in [0.1, 0.15) is 5.82 Å². The third-order valence-corrected chi connectivity index (χ3v) is 3.35. The molecule has 1 aromatic rings. The highest BCUT2D eigenvalue weighted by molar-refractivity contribution is 5.22. The van der Waals surface area contributed by atoms with Gasteiger partial charge in [-0.1, -0.05) is 13.8 Å². The molecule has 1 unspecified atom stereocenters. The monoisotopic (exact) mass is 207 g/mol. The van der Waals surface area contributed by atoms with Gasteiger partial charge in [0.15, 0.2) is 0 Å². The van der Waals surface area contributed by atoms with E-state index < -0.39 is 0 Å². The van der Waals surface area contributed by atoms with Crippen molar-refractivity contribution in [1.29, 1.82) is 0 Å². The van der Waals surface area contributed by atoms with E-state index in [-0.39, 0.29) is 0 Å². The van der Waals surface area contributed by atoms with Crippen molar-refractivity contribution in [3.05, 3.63) is 17.2 Å². The van der Waals surface area contributed by atoms with Crippen LogP contribution in [0.1, 0.15) is 49.8 Å². The normalized spacial score (nSPS) is 17.5. The number of imidazole rings is 1. The van der Waals surface area contributed by atoms with Crippen molar-refractivity contribution in [2.75, 3.05) is 6.54 Å². The van der Waals surface area contributed by atoms with Crippen LogP contribution in [0.4, 0.5) is 0 Å². The van der Waals surface area contributed by atoms with E-state index in [1.165, 1.54) is 30.1 Å². The molecule has 0 aromatic carbocycles. The third kappa shape index (κ3) is 1.81. The summed E-state index contributed by atoms with van der Waals surface area (Å²) in [7, 11) is 0. The predicted octanol–water partition coefficient (Wildman–Crippen LogP) is 1.84. The van der Waals surface area contributed by atoms with E-state index in [9.17, 15) is 0 Å². The maximum absolute atomic E-state index is 5.78. The Morgan fingerprint density at radius 1 is 1.47 bits per heavy atom. The van der Waals surface area contributed by atoms with Gasteiger partial charge >= 0.3 is 0 Å². The zero-order chi connectivity index (χ0) is 10.8. The van der Waals surface area contributed by atoms with Crippen molar-refractivity contribution in [3.8, 4) is 0 Å². The lowest BCUT2D eigenvalue weighted by Crippen LogP contribution is -2.18. The van der Waals surface area contributed by atoms with Crippen LogP contribution < -0.4 is 5.73 Å². The highest BCUT2D eigenvalue weighted by Gasteiger charge is 2.21. The maximum atomic E-state index is 5.78. The van der Waals surface area contributed by atoms with Crippen LogP contribution in [0.5, 0.6) is 0 Å². The van der Waals surface area contributed by atoms with Crippen LogP contribution in [-0.2, 0) is 19.4 Å². The number of fused-ring (bicyclic) bond motifs is 1. The molecule has 3 nitrogen and oxygen atoms in total. The molecule has 0 amide bonds. The Morgan fingerprint density at radius 3 is 2.93 bits per heavy atom. The quantitative estimate of drug-likeness (QED) is 0.822. The molecule has 0 radical (unpaired) electrons. The highest BCUT2D eigenvalue weighted by Crippen LogP contribution is 2.25. The Labute approximate surface area is 91.7 Å². The van der Waals surface area contributed by atoms with Crippen LogP contribution in [0.25, 0.3) is 0 Å². The summed E-state index contributed by atoms with van der Waals surface area (Å²) < 4.78 is 2.42. The topological polar surface area (TPSA) is 43.8 Å². The highest BCUT2D eigenvalue weighted by atomic mass is 15.1. The van der Waals surface area contributed by atoms with E-state index in [0.717, 1.165) is 25.9 Å². The summed E-state index contributed by atoms with van der Waals surface area (Å²) in [6.07, 6.45) is 4.75. The summed E-state index contributed by atoms with van der Waals surface area (Å²) in [5.41, 5.74) is 8.45. The zero-order valence-corrected chi connectivity index (χ0v) is 9.79. The molecule has 0 fully saturated rings. The van der Waals surface area contributed by atoms with Crippen molar-refractivity contribution in [2.45, 2.75) is 52.0 Å². The molecule has 0 spiro atoms. The molecular weight excluding hydrogens is 186 g/mol. The number of hydrogen-bond donors (Lipinski definition) is 1. The second kappa shape index (κ2) is 4.35. The standard InChI is InChI=1S/C12H21N3/c1-3-10-12(9(2)8-13)15-7-5-4-6-11(15)14-10/h9H,3-8,13H2,1-2H3. The fourth-order valence-electron chi connectivity index (χ4n) is 2.48. The number of nitrogens with two attached hydrogens (primary N) is 1. The summed E-state index contributed by atoms with van der Waals surface area (Å²) in [6.45, 7) is 6.25. The second-order valence-corrected chi connectivity index (χ2v) is 4.46. The van der Waals surface area contributed by atoms with E-state index in [1.807, 2.05) is 0 Å². The fraction of sp³-hybridized carbons (Fsp3) is 0.750. The molecule has 0 saturated heterocycles. The molecule has 0 saturated carbocycles. The summed E-state index contributed by atoms with van der Waals surface area (Å²) in [5, 5.41) is 0. The Hall–Kier alpha value is -0.830. The Morgan fingerprint density at radius 2 is 2.27 bits per heavy atom. The second-order valence-electron chi connectivity index (χ2n) is 4.46. The fourth-order valence-corrected chi connectivity index (χ4v) is 2.48. The van der Waals surface area contributed by atoms with Crippen LogP contribution in [0.3, 0.4) is 0 Å². The Bertz CT molecular complexity index is 341. The first-order chi connectivity index (χ1) is 7.27. The average molecular weight is 207 g/mol. The van der Waals surface area contributed by atoms with Gasteiger partial charge in [-0.25, -0.2) is 4.98 Å². The molecule has 2 rings (SSSR count). The van der Waals surface area contributed by atoms with E-state index in [1.54, 1.807) is 0 Å². The van der Waals surface area contributed by atoms with Crippen LogP contribution in [0.2, 0.25) is 0 Å². The van der Waals surface area contributed by atoms with Gasteiger partial charge in [-0.05, 0) is 19.3 Å². The van der Waals surface area contributed by atoms with Gasteiger partial charge in [-0.15, -0.1) is 0 Å². The van der Waals surface area contributed by atoms with Gasteiger partial charge in [0.2, 0.25) is 0 Å². The summed E-state index contributed by atoms with van der Waals surface area (Å²) in [5.74, 6) is 1.73. The molecule has 3 heteroatoms. The van der Waals surface area contributed by atoms with E-state index in [2.05, 4.69) is 18.4 Å². The van der Waals surface area contributed by atoms with Gasteiger partial charge in [0.05, 0.1) is 5.69 Å². The Balaban J connectivity index is 2.44. The third-order valence-electron chi connectivity index (χ3n) is 3.35. The van der Waals surface area contributed by atoms with Crippen molar-refractivity contribution in [2.24, 2.45) is 5.73 Å². The molecule has 0 aliphatic carbocycles. The smallest absolute Gasteiger partial charge is 0.109 e. The lowest BCUT2D eigenvalue weighted by atomic mass is 10.0. The van der Waals surface area contributed by atoms with E-state index in [4.69, 9.17) is 10.7 Å². The van der Waals surface area contributed by atoms with Crippen molar-refractivity contribution < 1.29 is 0 Å². The predicted molar refractivity (Wildman–Crippen MR) is 62.0 cm³/mol. The minimum absolute atomic E-state index is 0.444. The van der Waals surface area contributed by atoms with E-state index in [0.29, 0.717) is 5.92 Å². The first-order valence-electron chi connectivity index (χ1n) is 6.06. The molecule has 15 heavy (non-hydrogen) atoms. The van der Waals surface area contributed by atoms with Crippen molar-refractivity contribution in [1.82, 2.24) is 9.55 Å². The first-order valence-corrected chi connectivity index (χ1v) is 6.06. The average Bonchev–Trinajstić information content (AvgIpc) is 2.66. The van der Waals surface area contributed by atoms with Crippen molar-refractivity contribution in [3.63, 3.8) is 0 Å².